The molecule has 1 aromatic heterocycles. The maximum absolute atomic E-state index is 13.1. The molecule has 5 heteroatoms. The average Bonchev–Trinajstić information content (AvgIpc) is 2.38. The number of halogens is 1. The Morgan fingerprint density at radius 2 is 2.05 bits per heavy atom. The van der Waals surface area contributed by atoms with Gasteiger partial charge in [-0.05, 0) is 31.5 Å². The van der Waals surface area contributed by atoms with Crippen LogP contribution in [0.4, 0.5) is 21.8 Å². The summed E-state index contributed by atoms with van der Waals surface area (Å²) in [7, 11) is 0. The molecule has 106 valence electrons. The Hall–Kier alpha value is -2.17. The number of rotatable bonds is 6. The summed E-state index contributed by atoms with van der Waals surface area (Å²) in [5.74, 6) is 0.974. The fourth-order valence-corrected chi connectivity index (χ4v) is 1.80. The first kappa shape index (κ1) is 14.2. The van der Waals surface area contributed by atoms with E-state index < -0.39 is 0 Å². The lowest BCUT2D eigenvalue weighted by molar-refractivity contribution is 0.628. The van der Waals surface area contributed by atoms with Crippen LogP contribution < -0.4 is 10.6 Å². The van der Waals surface area contributed by atoms with Crippen molar-refractivity contribution in [3.63, 3.8) is 0 Å². The molecule has 2 aromatic rings. The van der Waals surface area contributed by atoms with Crippen molar-refractivity contribution in [2.24, 2.45) is 0 Å². The lowest BCUT2D eigenvalue weighted by atomic mass is 10.3. The SMILES string of the molecule is CCCCNc1nc(C)cc(Nc2cccc(F)c2)n1. The second-order valence-corrected chi connectivity index (χ2v) is 4.63. The molecule has 0 radical (unpaired) electrons. The highest BCUT2D eigenvalue weighted by atomic mass is 19.1. The maximum Gasteiger partial charge on any atom is 0.224 e. The minimum absolute atomic E-state index is 0.276. The highest BCUT2D eigenvalue weighted by Gasteiger charge is 2.03. The standard InChI is InChI=1S/C15H19FN4/c1-3-4-8-17-15-18-11(2)9-14(20-15)19-13-7-5-6-12(16)10-13/h5-7,9-10H,3-4,8H2,1-2H3,(H2,17,18,19,20). The summed E-state index contributed by atoms with van der Waals surface area (Å²) in [6, 6.07) is 8.13. The average molecular weight is 274 g/mol. The zero-order chi connectivity index (χ0) is 14.4. The maximum atomic E-state index is 13.1. The summed E-state index contributed by atoms with van der Waals surface area (Å²) in [5.41, 5.74) is 1.53. The number of hydrogen-bond acceptors (Lipinski definition) is 4. The van der Waals surface area contributed by atoms with Gasteiger partial charge < -0.3 is 10.6 Å². The largest absolute Gasteiger partial charge is 0.354 e. The Bertz CT molecular complexity index is 572. The van der Waals surface area contributed by atoms with Crippen LogP contribution in [0.2, 0.25) is 0 Å². The van der Waals surface area contributed by atoms with Crippen molar-refractivity contribution in [3.8, 4) is 0 Å². The van der Waals surface area contributed by atoms with E-state index in [2.05, 4.69) is 27.5 Å². The molecule has 0 atom stereocenters. The van der Waals surface area contributed by atoms with Crippen LogP contribution in [0.1, 0.15) is 25.5 Å². The summed E-state index contributed by atoms with van der Waals surface area (Å²) < 4.78 is 13.1. The van der Waals surface area contributed by atoms with Gasteiger partial charge in [-0.25, -0.2) is 9.37 Å². The van der Waals surface area contributed by atoms with Crippen molar-refractivity contribution in [1.82, 2.24) is 9.97 Å². The van der Waals surface area contributed by atoms with Gasteiger partial charge in [0, 0.05) is 24.0 Å². The van der Waals surface area contributed by atoms with Crippen LogP contribution >= 0.6 is 0 Å². The second kappa shape index (κ2) is 6.84. The number of nitrogens with one attached hydrogen (secondary N) is 2. The Morgan fingerprint density at radius 3 is 2.80 bits per heavy atom. The van der Waals surface area contributed by atoms with Crippen LogP contribution in [0.3, 0.4) is 0 Å². The smallest absolute Gasteiger partial charge is 0.224 e. The molecule has 1 aromatic carbocycles. The molecule has 0 bridgehead atoms. The molecule has 0 fully saturated rings. The lowest BCUT2D eigenvalue weighted by Crippen LogP contribution is -2.07. The molecule has 20 heavy (non-hydrogen) atoms. The van der Waals surface area contributed by atoms with Gasteiger partial charge in [0.25, 0.3) is 0 Å². The van der Waals surface area contributed by atoms with E-state index in [9.17, 15) is 4.39 Å². The van der Waals surface area contributed by atoms with Crippen LogP contribution in [0.5, 0.6) is 0 Å². The molecule has 0 aliphatic rings. The van der Waals surface area contributed by atoms with Gasteiger partial charge in [-0.2, -0.15) is 4.98 Å². The Kier molecular flexibility index (Phi) is 4.87. The minimum atomic E-state index is -0.276. The number of aromatic nitrogens is 2. The van der Waals surface area contributed by atoms with Crippen LogP contribution in [-0.4, -0.2) is 16.5 Å². The third-order valence-corrected chi connectivity index (χ3v) is 2.76. The van der Waals surface area contributed by atoms with Crippen LogP contribution in [0.15, 0.2) is 30.3 Å². The van der Waals surface area contributed by atoms with E-state index in [1.54, 1.807) is 12.1 Å². The summed E-state index contributed by atoms with van der Waals surface area (Å²) >= 11 is 0. The highest BCUT2D eigenvalue weighted by molar-refractivity contribution is 5.57. The van der Waals surface area contributed by atoms with Crippen LogP contribution in [0.25, 0.3) is 0 Å². The fraction of sp³-hybridized carbons (Fsp3) is 0.333. The minimum Gasteiger partial charge on any atom is -0.354 e. The Labute approximate surface area is 118 Å². The number of hydrogen-bond donors (Lipinski definition) is 2. The van der Waals surface area contributed by atoms with E-state index in [0.29, 0.717) is 17.5 Å². The molecule has 0 spiro atoms. The predicted octanol–water partition coefficient (Wildman–Crippen LogP) is 3.88. The van der Waals surface area contributed by atoms with Gasteiger partial charge in [0.05, 0.1) is 0 Å². The summed E-state index contributed by atoms with van der Waals surface area (Å²) in [4.78, 5) is 8.70. The van der Waals surface area contributed by atoms with E-state index >= 15 is 0 Å². The second-order valence-electron chi connectivity index (χ2n) is 4.63. The number of anilines is 3. The molecule has 0 saturated heterocycles. The van der Waals surface area contributed by atoms with Crippen molar-refractivity contribution in [3.05, 3.63) is 41.8 Å². The van der Waals surface area contributed by atoms with Crippen molar-refractivity contribution >= 4 is 17.5 Å². The van der Waals surface area contributed by atoms with E-state index in [4.69, 9.17) is 0 Å². The molecule has 0 unspecified atom stereocenters. The predicted molar refractivity (Wildman–Crippen MR) is 79.8 cm³/mol. The van der Waals surface area contributed by atoms with E-state index in [-0.39, 0.29) is 5.82 Å². The highest BCUT2D eigenvalue weighted by Crippen LogP contribution is 2.17. The quantitative estimate of drug-likeness (QED) is 0.785. The zero-order valence-corrected chi connectivity index (χ0v) is 11.8. The summed E-state index contributed by atoms with van der Waals surface area (Å²) in [5, 5.41) is 6.27. The van der Waals surface area contributed by atoms with Crippen LogP contribution in [0, 0.1) is 12.7 Å². The molecule has 2 N–H and O–H groups in total. The first-order valence-corrected chi connectivity index (χ1v) is 6.79. The van der Waals surface area contributed by atoms with Crippen molar-refractivity contribution in [2.45, 2.75) is 26.7 Å². The first-order valence-electron chi connectivity index (χ1n) is 6.79. The fourth-order valence-electron chi connectivity index (χ4n) is 1.80. The number of aryl methyl sites for hydroxylation is 1. The monoisotopic (exact) mass is 274 g/mol. The lowest BCUT2D eigenvalue weighted by Gasteiger charge is -2.09. The van der Waals surface area contributed by atoms with E-state index in [1.807, 2.05) is 13.0 Å². The summed E-state index contributed by atoms with van der Waals surface area (Å²) in [6.45, 7) is 4.89. The molecule has 4 nitrogen and oxygen atoms in total. The number of unbranched alkanes of at least 4 members (excludes halogenated alkanes) is 1. The molecule has 0 aliphatic carbocycles. The molecule has 1 heterocycles. The molecular weight excluding hydrogens is 255 g/mol. The van der Waals surface area contributed by atoms with Gasteiger partial charge in [-0.15, -0.1) is 0 Å². The summed E-state index contributed by atoms with van der Waals surface area (Å²) in [6.07, 6.45) is 2.19. The van der Waals surface area contributed by atoms with Crippen molar-refractivity contribution in [1.29, 1.82) is 0 Å². The molecule has 2 rings (SSSR count). The third-order valence-electron chi connectivity index (χ3n) is 2.76. The Balaban J connectivity index is 2.11. The number of nitrogens with zero attached hydrogens (tertiary/aromatic N) is 2. The Morgan fingerprint density at radius 1 is 1.20 bits per heavy atom. The van der Waals surface area contributed by atoms with Gasteiger partial charge in [0.1, 0.15) is 11.6 Å². The third kappa shape index (κ3) is 4.19. The van der Waals surface area contributed by atoms with Gasteiger partial charge in [0.15, 0.2) is 0 Å². The van der Waals surface area contributed by atoms with E-state index in [0.717, 1.165) is 25.1 Å². The molecular formula is C15H19FN4. The van der Waals surface area contributed by atoms with Crippen molar-refractivity contribution < 1.29 is 4.39 Å². The van der Waals surface area contributed by atoms with E-state index in [1.165, 1.54) is 12.1 Å². The van der Waals surface area contributed by atoms with Gasteiger partial charge in [-0.3, -0.25) is 0 Å². The molecule has 0 amide bonds. The zero-order valence-electron chi connectivity index (χ0n) is 11.8. The molecule has 0 saturated carbocycles. The van der Waals surface area contributed by atoms with Gasteiger partial charge >= 0.3 is 0 Å². The van der Waals surface area contributed by atoms with Gasteiger partial charge in [0.2, 0.25) is 5.95 Å². The first-order chi connectivity index (χ1) is 9.67. The van der Waals surface area contributed by atoms with Crippen LogP contribution in [-0.2, 0) is 0 Å². The van der Waals surface area contributed by atoms with Crippen molar-refractivity contribution in [2.75, 3.05) is 17.2 Å². The normalized spacial score (nSPS) is 10.3. The molecule has 0 aliphatic heterocycles. The topological polar surface area (TPSA) is 49.8 Å². The number of benzene rings is 1. The van der Waals surface area contributed by atoms with Gasteiger partial charge in [-0.1, -0.05) is 19.4 Å².